The van der Waals surface area contributed by atoms with Crippen molar-refractivity contribution in [1.82, 2.24) is 0 Å². The van der Waals surface area contributed by atoms with E-state index in [1.807, 2.05) is 0 Å². The van der Waals surface area contributed by atoms with Crippen molar-refractivity contribution in [3.63, 3.8) is 0 Å². The lowest BCUT2D eigenvalue weighted by molar-refractivity contribution is 0.0985. The lowest BCUT2D eigenvalue weighted by atomic mass is 10.1. The van der Waals surface area contributed by atoms with E-state index in [4.69, 9.17) is 10.8 Å². The van der Waals surface area contributed by atoms with E-state index in [0.29, 0.717) is 0 Å². The van der Waals surface area contributed by atoms with E-state index in [2.05, 4.69) is 0 Å². The van der Waals surface area contributed by atoms with Crippen LogP contribution >= 0.6 is 0 Å². The standard InChI is InChI=1S/C9H10FNO2/c10-7-2-1-6(5-9(7)13)8(12)3-4-11/h1-2,5,13H,3-4,11H2. The van der Waals surface area contributed by atoms with Crippen LogP contribution in [0.25, 0.3) is 0 Å². The zero-order valence-electron chi connectivity index (χ0n) is 6.96. The second-order valence-electron chi connectivity index (χ2n) is 2.63. The van der Waals surface area contributed by atoms with Crippen molar-refractivity contribution >= 4 is 5.78 Å². The molecule has 70 valence electrons. The second kappa shape index (κ2) is 4.00. The Bertz CT molecular complexity index is 325. The molecule has 0 fully saturated rings. The van der Waals surface area contributed by atoms with Crippen molar-refractivity contribution in [3.8, 4) is 5.75 Å². The SMILES string of the molecule is NCCC(=O)c1ccc(F)c(O)c1. The van der Waals surface area contributed by atoms with Crippen molar-refractivity contribution in [2.75, 3.05) is 6.54 Å². The van der Waals surface area contributed by atoms with Crippen LogP contribution in [0.2, 0.25) is 0 Å². The van der Waals surface area contributed by atoms with Crippen LogP contribution < -0.4 is 5.73 Å². The van der Waals surface area contributed by atoms with Crippen LogP contribution in [-0.4, -0.2) is 17.4 Å². The molecule has 0 aliphatic rings. The van der Waals surface area contributed by atoms with E-state index in [1.54, 1.807) is 0 Å². The Morgan fingerprint density at radius 3 is 2.77 bits per heavy atom. The van der Waals surface area contributed by atoms with Crippen molar-refractivity contribution < 1.29 is 14.3 Å². The van der Waals surface area contributed by atoms with Crippen LogP contribution in [0.1, 0.15) is 16.8 Å². The van der Waals surface area contributed by atoms with E-state index in [0.717, 1.165) is 12.1 Å². The summed E-state index contributed by atoms with van der Waals surface area (Å²) in [5.74, 6) is -1.44. The molecule has 4 heteroatoms. The quantitative estimate of drug-likeness (QED) is 0.689. The number of rotatable bonds is 3. The molecule has 1 rings (SSSR count). The second-order valence-corrected chi connectivity index (χ2v) is 2.63. The molecule has 0 aliphatic carbocycles. The molecular weight excluding hydrogens is 173 g/mol. The third-order valence-corrected chi connectivity index (χ3v) is 1.64. The highest BCUT2D eigenvalue weighted by atomic mass is 19.1. The van der Waals surface area contributed by atoms with Gasteiger partial charge in [-0.05, 0) is 24.7 Å². The number of nitrogens with two attached hydrogens (primary N) is 1. The molecule has 0 atom stereocenters. The molecule has 0 aliphatic heterocycles. The number of hydrogen-bond donors (Lipinski definition) is 2. The van der Waals surface area contributed by atoms with E-state index in [1.165, 1.54) is 6.07 Å². The summed E-state index contributed by atoms with van der Waals surface area (Å²) in [5.41, 5.74) is 5.46. The maximum atomic E-state index is 12.6. The first-order chi connectivity index (χ1) is 6.15. The fourth-order valence-corrected chi connectivity index (χ4v) is 0.962. The average molecular weight is 183 g/mol. The Morgan fingerprint density at radius 2 is 2.23 bits per heavy atom. The van der Waals surface area contributed by atoms with Crippen LogP contribution in [0.15, 0.2) is 18.2 Å². The fourth-order valence-electron chi connectivity index (χ4n) is 0.962. The Kier molecular flexibility index (Phi) is 2.97. The number of ketones is 1. The number of phenolic OH excluding ortho intramolecular Hbond substituents is 1. The smallest absolute Gasteiger partial charge is 0.164 e. The Balaban J connectivity index is 2.90. The van der Waals surface area contributed by atoms with Gasteiger partial charge in [0.05, 0.1) is 0 Å². The highest BCUT2D eigenvalue weighted by Gasteiger charge is 2.07. The minimum atomic E-state index is -0.732. The minimum absolute atomic E-state index is 0.196. The molecule has 0 heterocycles. The highest BCUT2D eigenvalue weighted by Crippen LogP contribution is 2.17. The summed E-state index contributed by atoms with van der Waals surface area (Å²) in [6, 6.07) is 3.49. The van der Waals surface area contributed by atoms with Gasteiger partial charge in [-0.2, -0.15) is 0 Å². The van der Waals surface area contributed by atoms with E-state index < -0.39 is 11.6 Å². The van der Waals surface area contributed by atoms with Gasteiger partial charge in [-0.15, -0.1) is 0 Å². The number of carbonyl (C=O) groups is 1. The van der Waals surface area contributed by atoms with Gasteiger partial charge in [-0.25, -0.2) is 4.39 Å². The Labute approximate surface area is 75.0 Å². The molecule has 3 N–H and O–H groups in total. The molecule has 0 amide bonds. The summed E-state index contributed by atoms with van der Waals surface area (Å²) in [5, 5.41) is 8.96. The van der Waals surface area contributed by atoms with Gasteiger partial charge in [0.1, 0.15) is 0 Å². The summed E-state index contributed by atoms with van der Waals surface area (Å²) in [4.78, 5) is 11.2. The van der Waals surface area contributed by atoms with Crippen molar-refractivity contribution in [2.45, 2.75) is 6.42 Å². The van der Waals surface area contributed by atoms with Crippen LogP contribution in [-0.2, 0) is 0 Å². The third-order valence-electron chi connectivity index (χ3n) is 1.64. The summed E-state index contributed by atoms with van der Waals surface area (Å²) in [6.45, 7) is 0.247. The first-order valence-electron chi connectivity index (χ1n) is 3.87. The summed E-state index contributed by atoms with van der Waals surface area (Å²) in [7, 11) is 0. The third kappa shape index (κ3) is 2.26. The number of benzene rings is 1. The highest BCUT2D eigenvalue weighted by molar-refractivity contribution is 5.96. The number of hydrogen-bond acceptors (Lipinski definition) is 3. The van der Waals surface area contributed by atoms with Crippen molar-refractivity contribution in [3.05, 3.63) is 29.6 Å². The number of Topliss-reactive ketones (excluding diaryl/α,β-unsaturated/α-hetero) is 1. The number of halogens is 1. The zero-order chi connectivity index (χ0) is 9.84. The fraction of sp³-hybridized carbons (Fsp3) is 0.222. The average Bonchev–Trinajstić information content (AvgIpc) is 2.10. The largest absolute Gasteiger partial charge is 0.505 e. The topological polar surface area (TPSA) is 63.3 Å². The van der Waals surface area contributed by atoms with Gasteiger partial charge in [0.15, 0.2) is 17.3 Å². The first-order valence-corrected chi connectivity index (χ1v) is 3.87. The number of phenols is 1. The molecule has 13 heavy (non-hydrogen) atoms. The molecule has 0 saturated carbocycles. The Morgan fingerprint density at radius 1 is 1.54 bits per heavy atom. The van der Waals surface area contributed by atoms with Crippen molar-refractivity contribution in [2.24, 2.45) is 5.73 Å². The zero-order valence-corrected chi connectivity index (χ0v) is 6.96. The first kappa shape index (κ1) is 9.67. The maximum Gasteiger partial charge on any atom is 0.164 e. The molecule has 1 aromatic rings. The molecule has 0 bridgehead atoms. The van der Waals surface area contributed by atoms with Gasteiger partial charge in [0.25, 0.3) is 0 Å². The molecule has 0 spiro atoms. The van der Waals surface area contributed by atoms with Gasteiger partial charge in [-0.1, -0.05) is 0 Å². The van der Waals surface area contributed by atoms with E-state index in [-0.39, 0.29) is 24.3 Å². The number of aromatic hydroxyl groups is 1. The van der Waals surface area contributed by atoms with E-state index in [9.17, 15) is 9.18 Å². The molecule has 0 aromatic heterocycles. The van der Waals surface area contributed by atoms with Crippen LogP contribution in [0.4, 0.5) is 4.39 Å². The van der Waals surface area contributed by atoms with Crippen LogP contribution in [0.3, 0.4) is 0 Å². The van der Waals surface area contributed by atoms with Gasteiger partial charge < -0.3 is 10.8 Å². The van der Waals surface area contributed by atoms with Crippen LogP contribution in [0, 0.1) is 5.82 Å². The van der Waals surface area contributed by atoms with E-state index >= 15 is 0 Å². The lowest BCUT2D eigenvalue weighted by Gasteiger charge is -2.00. The molecule has 1 aromatic carbocycles. The maximum absolute atomic E-state index is 12.6. The molecule has 3 nitrogen and oxygen atoms in total. The van der Waals surface area contributed by atoms with Gasteiger partial charge in [-0.3, -0.25) is 4.79 Å². The summed E-state index contributed by atoms with van der Waals surface area (Å²) in [6.07, 6.45) is 0.199. The lowest BCUT2D eigenvalue weighted by Crippen LogP contribution is -2.07. The molecule has 0 saturated heterocycles. The predicted molar refractivity (Wildman–Crippen MR) is 46.1 cm³/mol. The summed E-state index contributed by atoms with van der Waals surface area (Å²) >= 11 is 0. The minimum Gasteiger partial charge on any atom is -0.505 e. The predicted octanol–water partition coefficient (Wildman–Crippen LogP) is 1.06. The molecular formula is C9H10FNO2. The summed E-state index contributed by atoms with van der Waals surface area (Å²) < 4.78 is 12.6. The molecule has 0 radical (unpaired) electrons. The van der Waals surface area contributed by atoms with Gasteiger partial charge in [0.2, 0.25) is 0 Å². The molecule has 0 unspecified atom stereocenters. The monoisotopic (exact) mass is 183 g/mol. The van der Waals surface area contributed by atoms with Crippen molar-refractivity contribution in [1.29, 1.82) is 0 Å². The normalized spacial score (nSPS) is 10.0. The van der Waals surface area contributed by atoms with Crippen LogP contribution in [0.5, 0.6) is 5.75 Å². The van der Waals surface area contributed by atoms with Gasteiger partial charge in [0, 0.05) is 12.0 Å². The van der Waals surface area contributed by atoms with Gasteiger partial charge >= 0.3 is 0 Å². The Hall–Kier alpha value is -1.42. The number of carbonyl (C=O) groups excluding carboxylic acids is 1.